The Kier molecular flexibility index (Phi) is 2.95. The van der Waals surface area contributed by atoms with Crippen molar-refractivity contribution in [3.63, 3.8) is 0 Å². The van der Waals surface area contributed by atoms with E-state index < -0.39 is 5.82 Å². The molecule has 0 aliphatic carbocycles. The number of hydrogen-bond donors (Lipinski definition) is 2. The third-order valence-corrected chi connectivity index (χ3v) is 3.09. The molecule has 1 heterocycles. The van der Waals surface area contributed by atoms with Gasteiger partial charge < -0.3 is 5.32 Å². The zero-order chi connectivity index (χ0) is 14.1. The fourth-order valence-corrected chi connectivity index (χ4v) is 2.07. The van der Waals surface area contributed by atoms with Crippen LogP contribution in [0.25, 0.3) is 10.9 Å². The van der Waals surface area contributed by atoms with E-state index in [4.69, 9.17) is 0 Å². The van der Waals surface area contributed by atoms with Gasteiger partial charge in [0.1, 0.15) is 5.82 Å². The Bertz CT molecular complexity index is 795. The summed E-state index contributed by atoms with van der Waals surface area (Å²) in [5.41, 5.74) is 2.03. The van der Waals surface area contributed by atoms with Crippen molar-refractivity contribution in [2.75, 3.05) is 5.32 Å². The van der Waals surface area contributed by atoms with Crippen molar-refractivity contribution < 1.29 is 9.18 Å². The molecule has 0 unspecified atom stereocenters. The highest BCUT2D eigenvalue weighted by molar-refractivity contribution is 6.11. The average molecular weight is 269 g/mol. The molecule has 20 heavy (non-hydrogen) atoms. The van der Waals surface area contributed by atoms with Gasteiger partial charge in [-0.25, -0.2) is 4.39 Å². The maximum Gasteiger partial charge on any atom is 0.257 e. The van der Waals surface area contributed by atoms with Gasteiger partial charge in [0, 0.05) is 5.39 Å². The number of rotatable bonds is 2. The lowest BCUT2D eigenvalue weighted by Gasteiger charge is -2.07. The second-order valence-electron chi connectivity index (χ2n) is 4.58. The second-order valence-corrected chi connectivity index (χ2v) is 4.58. The second kappa shape index (κ2) is 4.77. The fourth-order valence-electron chi connectivity index (χ4n) is 2.07. The van der Waals surface area contributed by atoms with Crippen molar-refractivity contribution in [3.05, 3.63) is 59.5 Å². The Balaban J connectivity index is 1.95. The molecular formula is C15H12FN3O. The Morgan fingerprint density at radius 3 is 2.95 bits per heavy atom. The van der Waals surface area contributed by atoms with E-state index in [2.05, 4.69) is 15.5 Å². The minimum Gasteiger partial charge on any atom is -0.319 e. The minimum absolute atomic E-state index is 0.164. The van der Waals surface area contributed by atoms with Gasteiger partial charge in [-0.1, -0.05) is 18.2 Å². The van der Waals surface area contributed by atoms with Gasteiger partial charge >= 0.3 is 0 Å². The number of benzene rings is 2. The van der Waals surface area contributed by atoms with Crippen LogP contribution in [0.15, 0.2) is 42.6 Å². The smallest absolute Gasteiger partial charge is 0.257 e. The van der Waals surface area contributed by atoms with Crippen LogP contribution in [0.1, 0.15) is 15.9 Å². The fraction of sp³-hybridized carbons (Fsp3) is 0.0667. The molecule has 2 N–H and O–H groups in total. The van der Waals surface area contributed by atoms with Crippen LogP contribution in [0.5, 0.6) is 0 Å². The number of halogens is 1. The van der Waals surface area contributed by atoms with Crippen molar-refractivity contribution in [1.82, 2.24) is 10.2 Å². The van der Waals surface area contributed by atoms with Gasteiger partial charge in [0.25, 0.3) is 5.91 Å². The molecular weight excluding hydrogens is 257 g/mol. The number of nitrogens with one attached hydrogen (secondary N) is 2. The molecule has 1 amide bonds. The van der Waals surface area contributed by atoms with Crippen molar-refractivity contribution in [2.45, 2.75) is 6.92 Å². The number of nitrogens with zero attached hydrogens (tertiary/aromatic N) is 1. The summed E-state index contributed by atoms with van der Waals surface area (Å²) in [5, 5.41) is 10.1. The molecule has 0 saturated carbocycles. The number of carbonyl (C=O) groups is 1. The third-order valence-electron chi connectivity index (χ3n) is 3.09. The van der Waals surface area contributed by atoms with Crippen molar-refractivity contribution in [3.8, 4) is 0 Å². The lowest BCUT2D eigenvalue weighted by atomic mass is 10.1. The number of fused-ring (bicyclic) bond motifs is 1. The number of aromatic amines is 1. The summed E-state index contributed by atoms with van der Waals surface area (Å²) in [5.74, 6) is -0.822. The summed E-state index contributed by atoms with van der Waals surface area (Å²) in [7, 11) is 0. The van der Waals surface area contributed by atoms with Gasteiger partial charge in [-0.05, 0) is 30.7 Å². The average Bonchev–Trinajstić information content (AvgIpc) is 2.90. The first-order chi connectivity index (χ1) is 9.65. The molecule has 3 aromatic rings. The number of carbonyl (C=O) groups excluding carboxylic acids is 1. The number of aromatic nitrogens is 2. The van der Waals surface area contributed by atoms with Crippen molar-refractivity contribution in [2.24, 2.45) is 0 Å². The highest BCUT2D eigenvalue weighted by Crippen LogP contribution is 2.19. The molecule has 0 atom stereocenters. The van der Waals surface area contributed by atoms with E-state index >= 15 is 0 Å². The number of para-hydroxylation sites is 1. The Morgan fingerprint density at radius 2 is 2.15 bits per heavy atom. The van der Waals surface area contributed by atoms with Crippen LogP contribution in [0, 0.1) is 12.7 Å². The van der Waals surface area contributed by atoms with E-state index in [-0.39, 0.29) is 11.6 Å². The van der Waals surface area contributed by atoms with E-state index in [1.165, 1.54) is 6.07 Å². The molecule has 0 fully saturated rings. The predicted octanol–water partition coefficient (Wildman–Crippen LogP) is 3.26. The molecule has 0 spiro atoms. The zero-order valence-electron chi connectivity index (χ0n) is 10.8. The lowest BCUT2D eigenvalue weighted by Crippen LogP contribution is -2.13. The Hall–Kier alpha value is -2.69. The summed E-state index contributed by atoms with van der Waals surface area (Å²) in [6.07, 6.45) is 1.64. The minimum atomic E-state index is -0.449. The molecule has 5 heteroatoms. The zero-order valence-corrected chi connectivity index (χ0v) is 10.8. The van der Waals surface area contributed by atoms with Gasteiger partial charge in [-0.2, -0.15) is 5.10 Å². The van der Waals surface area contributed by atoms with Crippen molar-refractivity contribution in [1.29, 1.82) is 0 Å². The first-order valence-corrected chi connectivity index (χ1v) is 6.15. The monoisotopic (exact) mass is 269 g/mol. The highest BCUT2D eigenvalue weighted by atomic mass is 19.1. The number of hydrogen-bond acceptors (Lipinski definition) is 2. The van der Waals surface area contributed by atoms with E-state index in [1.54, 1.807) is 37.4 Å². The SMILES string of the molecule is Cc1ccc(NC(=O)c2cccc3cn[nH]c23)c(F)c1. The van der Waals surface area contributed by atoms with Crippen LogP contribution in [0.4, 0.5) is 10.1 Å². The first-order valence-electron chi connectivity index (χ1n) is 6.15. The van der Waals surface area contributed by atoms with Crippen LogP contribution in [-0.2, 0) is 0 Å². The van der Waals surface area contributed by atoms with Gasteiger partial charge in [0.15, 0.2) is 0 Å². The molecule has 0 saturated heterocycles. The number of amides is 1. The molecule has 0 bridgehead atoms. The summed E-state index contributed by atoms with van der Waals surface area (Å²) < 4.78 is 13.7. The van der Waals surface area contributed by atoms with Gasteiger partial charge in [0.2, 0.25) is 0 Å². The van der Waals surface area contributed by atoms with Crippen molar-refractivity contribution >= 4 is 22.5 Å². The molecule has 0 radical (unpaired) electrons. The molecule has 0 aliphatic heterocycles. The number of anilines is 1. The van der Waals surface area contributed by atoms with Crippen LogP contribution >= 0.6 is 0 Å². The van der Waals surface area contributed by atoms with Crippen LogP contribution in [-0.4, -0.2) is 16.1 Å². The largest absolute Gasteiger partial charge is 0.319 e. The Labute approximate surface area is 114 Å². The number of aryl methyl sites for hydroxylation is 1. The van der Waals surface area contributed by atoms with Crippen LogP contribution in [0.2, 0.25) is 0 Å². The molecule has 0 aliphatic rings. The maximum atomic E-state index is 13.7. The molecule has 4 nitrogen and oxygen atoms in total. The quantitative estimate of drug-likeness (QED) is 0.750. The van der Waals surface area contributed by atoms with E-state index in [9.17, 15) is 9.18 Å². The van der Waals surface area contributed by atoms with E-state index in [0.29, 0.717) is 11.1 Å². The molecule has 100 valence electrons. The number of H-pyrrole nitrogens is 1. The summed E-state index contributed by atoms with van der Waals surface area (Å²) in [6.45, 7) is 1.79. The maximum absolute atomic E-state index is 13.7. The molecule has 1 aromatic heterocycles. The highest BCUT2D eigenvalue weighted by Gasteiger charge is 2.13. The van der Waals surface area contributed by atoms with Crippen LogP contribution in [0.3, 0.4) is 0 Å². The van der Waals surface area contributed by atoms with Gasteiger partial charge in [-0.3, -0.25) is 9.89 Å². The summed E-state index contributed by atoms with van der Waals surface area (Å²) in [4.78, 5) is 12.2. The van der Waals surface area contributed by atoms with E-state index in [0.717, 1.165) is 10.9 Å². The Morgan fingerprint density at radius 1 is 1.30 bits per heavy atom. The van der Waals surface area contributed by atoms with E-state index in [1.807, 2.05) is 6.07 Å². The van der Waals surface area contributed by atoms with Gasteiger partial charge in [0.05, 0.1) is 23.0 Å². The topological polar surface area (TPSA) is 57.8 Å². The predicted molar refractivity (Wildman–Crippen MR) is 75.2 cm³/mol. The first kappa shape index (κ1) is 12.3. The molecule has 2 aromatic carbocycles. The normalized spacial score (nSPS) is 10.7. The standard InChI is InChI=1S/C15H12FN3O/c1-9-5-6-13(12(16)7-9)18-15(20)11-4-2-3-10-8-17-19-14(10)11/h2-8H,1H3,(H,17,19)(H,18,20). The molecule has 3 rings (SSSR count). The third kappa shape index (κ3) is 2.14. The van der Waals surface area contributed by atoms with Crippen LogP contribution < -0.4 is 5.32 Å². The van der Waals surface area contributed by atoms with Gasteiger partial charge in [-0.15, -0.1) is 0 Å². The lowest BCUT2D eigenvalue weighted by molar-refractivity contribution is 0.102. The summed E-state index contributed by atoms with van der Waals surface area (Å²) in [6, 6.07) is 9.96. The summed E-state index contributed by atoms with van der Waals surface area (Å²) >= 11 is 0.